The molecular weight excluding hydrogens is 321 g/mol. The van der Waals surface area contributed by atoms with Crippen molar-refractivity contribution in [2.24, 2.45) is 0 Å². The fraction of sp³-hybridized carbons (Fsp3) is 0.533. The van der Waals surface area contributed by atoms with Crippen molar-refractivity contribution in [2.45, 2.75) is 25.3 Å². The Morgan fingerprint density at radius 2 is 2.10 bits per heavy atom. The molecule has 0 N–H and O–H groups in total. The van der Waals surface area contributed by atoms with E-state index in [-0.39, 0.29) is 10.3 Å². The van der Waals surface area contributed by atoms with Gasteiger partial charge in [-0.1, -0.05) is 6.42 Å². The summed E-state index contributed by atoms with van der Waals surface area (Å²) in [6, 6.07) is 5.97. The van der Waals surface area contributed by atoms with E-state index in [0.717, 1.165) is 19.6 Å². The third-order valence-corrected chi connectivity index (χ3v) is 5.14. The molecule has 1 aromatic carbocycles. The first-order valence-corrected chi connectivity index (χ1v) is 7.87. The summed E-state index contributed by atoms with van der Waals surface area (Å²) in [5.74, 6) is -0.312. The summed E-state index contributed by atoms with van der Waals surface area (Å²) < 4.78 is 14.7. The van der Waals surface area contributed by atoms with E-state index in [2.05, 4.69) is 25.7 Å². The van der Waals surface area contributed by atoms with Crippen LogP contribution in [0.4, 0.5) is 10.1 Å². The molecule has 5 heteroatoms. The molecule has 1 atom stereocenters. The summed E-state index contributed by atoms with van der Waals surface area (Å²) >= 11 is 3.19. The zero-order valence-corrected chi connectivity index (χ0v) is 12.9. The molecule has 2 heterocycles. The van der Waals surface area contributed by atoms with Crippen molar-refractivity contribution in [3.8, 4) is 6.07 Å². The Labute approximate surface area is 127 Å². The molecule has 0 aliphatic carbocycles. The van der Waals surface area contributed by atoms with E-state index in [1.807, 2.05) is 6.07 Å². The van der Waals surface area contributed by atoms with Gasteiger partial charge in [0.15, 0.2) is 5.82 Å². The molecule has 1 unspecified atom stereocenters. The van der Waals surface area contributed by atoms with Crippen molar-refractivity contribution < 1.29 is 4.39 Å². The molecule has 0 radical (unpaired) electrons. The lowest BCUT2D eigenvalue weighted by Crippen LogP contribution is -2.55. The highest BCUT2D eigenvalue weighted by Gasteiger charge is 2.30. The highest BCUT2D eigenvalue weighted by molar-refractivity contribution is 9.10. The molecule has 0 bridgehead atoms. The second-order valence-corrected chi connectivity index (χ2v) is 6.30. The maximum atomic E-state index is 14.4. The van der Waals surface area contributed by atoms with E-state index >= 15 is 0 Å². The zero-order valence-electron chi connectivity index (χ0n) is 11.3. The zero-order chi connectivity index (χ0) is 14.1. The molecule has 1 aromatic rings. The minimum absolute atomic E-state index is 0.281. The summed E-state index contributed by atoms with van der Waals surface area (Å²) in [5.41, 5.74) is 0.962. The molecule has 2 saturated heterocycles. The summed E-state index contributed by atoms with van der Waals surface area (Å²) in [5, 5.41) is 8.93. The number of anilines is 1. The number of nitrogens with zero attached hydrogens (tertiary/aromatic N) is 3. The number of piperazine rings is 1. The van der Waals surface area contributed by atoms with Crippen LogP contribution in [0.5, 0.6) is 0 Å². The van der Waals surface area contributed by atoms with Crippen LogP contribution in [0.3, 0.4) is 0 Å². The van der Waals surface area contributed by atoms with Gasteiger partial charge in [0.2, 0.25) is 0 Å². The summed E-state index contributed by atoms with van der Waals surface area (Å²) in [7, 11) is 0. The number of halogens is 2. The topological polar surface area (TPSA) is 30.3 Å². The van der Waals surface area contributed by atoms with Gasteiger partial charge in [0, 0.05) is 25.7 Å². The first-order valence-electron chi connectivity index (χ1n) is 7.08. The van der Waals surface area contributed by atoms with E-state index in [0.29, 0.717) is 17.3 Å². The van der Waals surface area contributed by atoms with Crippen LogP contribution >= 0.6 is 15.9 Å². The van der Waals surface area contributed by atoms with E-state index in [1.54, 1.807) is 12.1 Å². The number of hydrogen-bond donors (Lipinski definition) is 0. The lowest BCUT2D eigenvalue weighted by atomic mass is 9.99. The number of piperidine rings is 1. The number of rotatable bonds is 1. The monoisotopic (exact) mass is 337 g/mol. The SMILES string of the molecule is N#Cc1ccc(N2CCN3CCCCC3C2)c(F)c1Br. The van der Waals surface area contributed by atoms with Gasteiger partial charge in [-0.3, -0.25) is 4.90 Å². The molecule has 2 fully saturated rings. The van der Waals surface area contributed by atoms with Gasteiger partial charge in [0.05, 0.1) is 15.7 Å². The summed E-state index contributed by atoms with van der Waals surface area (Å²) in [6.07, 6.45) is 3.76. The Balaban J connectivity index is 1.83. The van der Waals surface area contributed by atoms with E-state index < -0.39 is 0 Å². The highest BCUT2D eigenvalue weighted by atomic mass is 79.9. The predicted molar refractivity (Wildman–Crippen MR) is 80.2 cm³/mol. The van der Waals surface area contributed by atoms with E-state index in [9.17, 15) is 4.39 Å². The fourth-order valence-corrected chi connectivity index (χ4v) is 3.67. The number of hydrogen-bond acceptors (Lipinski definition) is 3. The smallest absolute Gasteiger partial charge is 0.161 e. The third-order valence-electron chi connectivity index (χ3n) is 4.36. The van der Waals surface area contributed by atoms with Gasteiger partial charge in [-0.2, -0.15) is 5.26 Å². The van der Waals surface area contributed by atoms with Crippen molar-refractivity contribution in [1.82, 2.24) is 4.90 Å². The van der Waals surface area contributed by atoms with Crippen LogP contribution < -0.4 is 4.90 Å². The lowest BCUT2D eigenvalue weighted by molar-refractivity contribution is 0.133. The molecule has 0 saturated carbocycles. The second kappa shape index (κ2) is 5.71. The Hall–Kier alpha value is -1.12. The molecule has 0 amide bonds. The third kappa shape index (κ3) is 2.43. The lowest BCUT2D eigenvalue weighted by Gasteiger charge is -2.45. The van der Waals surface area contributed by atoms with Gasteiger partial charge in [0.1, 0.15) is 6.07 Å². The Kier molecular flexibility index (Phi) is 3.95. The van der Waals surface area contributed by atoms with Crippen molar-refractivity contribution in [3.05, 3.63) is 28.0 Å². The van der Waals surface area contributed by atoms with Gasteiger partial charge in [-0.15, -0.1) is 0 Å². The van der Waals surface area contributed by atoms with Crippen LogP contribution in [0, 0.1) is 17.1 Å². The predicted octanol–water partition coefficient (Wildman–Crippen LogP) is 3.13. The van der Waals surface area contributed by atoms with Gasteiger partial charge in [-0.25, -0.2) is 4.39 Å². The van der Waals surface area contributed by atoms with Gasteiger partial charge < -0.3 is 4.90 Å². The fourth-order valence-electron chi connectivity index (χ4n) is 3.24. The molecule has 3 rings (SSSR count). The van der Waals surface area contributed by atoms with Crippen LogP contribution in [0.2, 0.25) is 0 Å². The highest BCUT2D eigenvalue weighted by Crippen LogP contribution is 2.31. The van der Waals surface area contributed by atoms with Crippen LogP contribution in [0.1, 0.15) is 24.8 Å². The molecular formula is C15H17BrFN3. The normalized spacial score (nSPS) is 23.2. The minimum atomic E-state index is -0.312. The van der Waals surface area contributed by atoms with Crippen LogP contribution in [0.15, 0.2) is 16.6 Å². The summed E-state index contributed by atoms with van der Waals surface area (Å²) in [4.78, 5) is 4.64. The Bertz CT molecular complexity index is 555. The maximum absolute atomic E-state index is 14.4. The number of benzene rings is 1. The second-order valence-electron chi connectivity index (χ2n) is 5.50. The number of nitriles is 1. The van der Waals surface area contributed by atoms with Gasteiger partial charge in [-0.05, 0) is 47.4 Å². The largest absolute Gasteiger partial charge is 0.366 e. The van der Waals surface area contributed by atoms with Crippen molar-refractivity contribution in [1.29, 1.82) is 5.26 Å². The van der Waals surface area contributed by atoms with Crippen LogP contribution in [-0.4, -0.2) is 37.1 Å². The first-order chi connectivity index (χ1) is 9.70. The molecule has 2 aliphatic rings. The Morgan fingerprint density at radius 1 is 1.25 bits per heavy atom. The van der Waals surface area contributed by atoms with Crippen molar-refractivity contribution >= 4 is 21.6 Å². The van der Waals surface area contributed by atoms with Crippen LogP contribution in [0.25, 0.3) is 0 Å². The van der Waals surface area contributed by atoms with Gasteiger partial charge >= 0.3 is 0 Å². The number of fused-ring (bicyclic) bond motifs is 1. The van der Waals surface area contributed by atoms with E-state index in [1.165, 1.54) is 25.8 Å². The van der Waals surface area contributed by atoms with Gasteiger partial charge in [0.25, 0.3) is 0 Å². The maximum Gasteiger partial charge on any atom is 0.161 e. The quantitative estimate of drug-likeness (QED) is 0.788. The molecule has 20 heavy (non-hydrogen) atoms. The van der Waals surface area contributed by atoms with Crippen LogP contribution in [-0.2, 0) is 0 Å². The van der Waals surface area contributed by atoms with E-state index in [4.69, 9.17) is 5.26 Å². The van der Waals surface area contributed by atoms with Crippen molar-refractivity contribution in [3.63, 3.8) is 0 Å². The van der Waals surface area contributed by atoms with Crippen molar-refractivity contribution in [2.75, 3.05) is 31.1 Å². The average molecular weight is 338 g/mol. The average Bonchev–Trinajstić information content (AvgIpc) is 2.49. The molecule has 0 spiro atoms. The minimum Gasteiger partial charge on any atom is -0.366 e. The molecule has 2 aliphatic heterocycles. The molecule has 0 aromatic heterocycles. The first kappa shape index (κ1) is 13.8. The standard InChI is InChI=1S/C15H17BrFN3/c16-14-11(9-18)4-5-13(15(14)17)20-8-7-19-6-2-1-3-12(19)10-20/h4-5,12H,1-3,6-8,10H2. The summed E-state index contributed by atoms with van der Waals surface area (Å²) in [6.45, 7) is 3.92. The Morgan fingerprint density at radius 3 is 2.90 bits per heavy atom. The molecule has 106 valence electrons. The molecule has 3 nitrogen and oxygen atoms in total.